The van der Waals surface area contributed by atoms with Crippen LogP contribution in [-0.4, -0.2) is 0 Å². The maximum atomic E-state index is 13.2. The minimum Gasteiger partial charge on any atom is -0.207 e. The summed E-state index contributed by atoms with van der Waals surface area (Å²) in [5.41, 5.74) is 4.29. The van der Waals surface area contributed by atoms with E-state index in [9.17, 15) is 9.65 Å². The number of aryl methyl sites for hydroxylation is 2. The second-order valence-electron chi connectivity index (χ2n) is 6.09. The molecule has 2 aromatic rings. The highest BCUT2D eigenvalue weighted by Gasteiger charge is 2.35. The number of fused-ring (bicyclic) bond motifs is 1. The largest absolute Gasteiger partial charge is 0.207 e. The summed E-state index contributed by atoms with van der Waals surface area (Å²) < 4.78 is 13.2. The Labute approximate surface area is 125 Å². The van der Waals surface area contributed by atoms with Gasteiger partial charge in [0.25, 0.3) is 0 Å². The van der Waals surface area contributed by atoms with E-state index in [2.05, 4.69) is 24.3 Å². The maximum absolute atomic E-state index is 13.2. The van der Waals surface area contributed by atoms with E-state index in [0.717, 1.165) is 30.4 Å². The fraction of sp³-hybridized carbons (Fsp3) is 0.316. The van der Waals surface area contributed by atoms with Gasteiger partial charge in [0, 0.05) is 0 Å². The van der Waals surface area contributed by atoms with Gasteiger partial charge in [0.1, 0.15) is 5.82 Å². The predicted molar refractivity (Wildman–Crippen MR) is 81.4 cm³/mol. The molecule has 0 saturated carbocycles. The molecule has 0 amide bonds. The van der Waals surface area contributed by atoms with Crippen LogP contribution in [0.2, 0.25) is 0 Å². The minimum absolute atomic E-state index is 0.212. The molecule has 0 spiro atoms. The zero-order valence-corrected chi connectivity index (χ0v) is 12.2. The van der Waals surface area contributed by atoms with Crippen molar-refractivity contribution in [2.24, 2.45) is 5.41 Å². The summed E-state index contributed by atoms with van der Waals surface area (Å²) in [7, 11) is 0. The van der Waals surface area contributed by atoms with E-state index >= 15 is 0 Å². The maximum Gasteiger partial charge on any atom is 0.123 e. The van der Waals surface area contributed by atoms with E-state index in [1.807, 2.05) is 19.1 Å². The lowest BCUT2D eigenvalue weighted by molar-refractivity contribution is 0.339. The van der Waals surface area contributed by atoms with Crippen molar-refractivity contribution in [3.63, 3.8) is 0 Å². The van der Waals surface area contributed by atoms with E-state index in [0.29, 0.717) is 6.42 Å². The molecule has 1 aliphatic rings. The van der Waals surface area contributed by atoms with Gasteiger partial charge in [-0.25, -0.2) is 4.39 Å². The Morgan fingerprint density at radius 1 is 1.19 bits per heavy atom. The van der Waals surface area contributed by atoms with Gasteiger partial charge in [-0.15, -0.1) is 0 Å². The van der Waals surface area contributed by atoms with Crippen molar-refractivity contribution in [1.29, 1.82) is 5.26 Å². The van der Waals surface area contributed by atoms with E-state index in [1.165, 1.54) is 17.2 Å². The third kappa shape index (κ3) is 2.69. The third-order valence-electron chi connectivity index (χ3n) is 4.59. The summed E-state index contributed by atoms with van der Waals surface area (Å²) in [5.74, 6) is -0.212. The molecule has 1 atom stereocenters. The molecule has 0 fully saturated rings. The lowest BCUT2D eigenvalue weighted by Crippen LogP contribution is -2.30. The summed E-state index contributed by atoms with van der Waals surface area (Å²) in [6.07, 6.45) is 3.31. The molecule has 2 aromatic carbocycles. The molecule has 1 unspecified atom stereocenters. The van der Waals surface area contributed by atoms with Crippen LogP contribution in [0.5, 0.6) is 0 Å². The van der Waals surface area contributed by atoms with Crippen LogP contribution < -0.4 is 0 Å². The third-order valence-corrected chi connectivity index (χ3v) is 4.59. The molecule has 0 aromatic heterocycles. The number of nitrogens with zero attached hydrogens (tertiary/aromatic N) is 1. The van der Waals surface area contributed by atoms with Crippen molar-refractivity contribution in [3.8, 4) is 6.07 Å². The molecule has 0 saturated heterocycles. The highest BCUT2D eigenvalue weighted by Crippen LogP contribution is 2.38. The normalized spacial score (nSPS) is 20.6. The van der Waals surface area contributed by atoms with Gasteiger partial charge in [-0.1, -0.05) is 30.3 Å². The van der Waals surface area contributed by atoms with Gasteiger partial charge >= 0.3 is 0 Å². The Hall–Kier alpha value is -2.14. The van der Waals surface area contributed by atoms with E-state index < -0.39 is 0 Å². The van der Waals surface area contributed by atoms with Gasteiger partial charge in [-0.05, 0) is 67.0 Å². The van der Waals surface area contributed by atoms with Crippen molar-refractivity contribution in [1.82, 2.24) is 0 Å². The first-order valence-electron chi connectivity index (χ1n) is 7.35. The Balaban J connectivity index is 1.91. The molecular formula is C19H18FN. The Kier molecular flexibility index (Phi) is 3.51. The van der Waals surface area contributed by atoms with E-state index in [-0.39, 0.29) is 11.2 Å². The average Bonchev–Trinajstić information content (AvgIpc) is 2.50. The zero-order chi connectivity index (χ0) is 14.9. The van der Waals surface area contributed by atoms with Crippen LogP contribution in [0.15, 0.2) is 42.5 Å². The van der Waals surface area contributed by atoms with Crippen molar-refractivity contribution < 1.29 is 4.39 Å². The van der Waals surface area contributed by atoms with Gasteiger partial charge in [-0.3, -0.25) is 0 Å². The molecule has 0 radical (unpaired) electrons. The lowest BCUT2D eigenvalue weighted by atomic mass is 9.69. The number of hydrogen-bond acceptors (Lipinski definition) is 1. The molecule has 0 bridgehead atoms. The summed E-state index contributed by atoms with van der Waals surface area (Å²) in [5, 5.41) is 9.75. The molecule has 21 heavy (non-hydrogen) atoms. The monoisotopic (exact) mass is 279 g/mol. The predicted octanol–water partition coefficient (Wildman–Crippen LogP) is 4.38. The molecule has 1 nitrogen and oxygen atoms in total. The van der Waals surface area contributed by atoms with Crippen LogP contribution in [0.1, 0.15) is 28.7 Å². The number of hydrogen-bond donors (Lipinski definition) is 0. The number of rotatable bonds is 2. The summed E-state index contributed by atoms with van der Waals surface area (Å²) in [6, 6.07) is 15.8. The van der Waals surface area contributed by atoms with E-state index in [1.54, 1.807) is 6.07 Å². The average molecular weight is 279 g/mol. The van der Waals surface area contributed by atoms with Gasteiger partial charge in [0.2, 0.25) is 0 Å². The molecule has 2 heteroatoms. The molecule has 0 aliphatic heterocycles. The summed E-state index contributed by atoms with van der Waals surface area (Å²) >= 11 is 0. The van der Waals surface area contributed by atoms with Crippen LogP contribution in [0, 0.1) is 29.5 Å². The smallest absolute Gasteiger partial charge is 0.123 e. The SMILES string of the molecule is Cc1cc(F)ccc1CC1(C#N)CCc2ccccc2C1. The first-order valence-corrected chi connectivity index (χ1v) is 7.35. The van der Waals surface area contributed by atoms with Crippen molar-refractivity contribution in [3.05, 3.63) is 70.5 Å². The molecular weight excluding hydrogens is 261 g/mol. The lowest BCUT2D eigenvalue weighted by Gasteiger charge is -2.32. The molecule has 0 N–H and O–H groups in total. The highest BCUT2D eigenvalue weighted by atomic mass is 19.1. The molecule has 3 rings (SSSR count). The van der Waals surface area contributed by atoms with Gasteiger partial charge in [0.05, 0.1) is 11.5 Å². The summed E-state index contributed by atoms with van der Waals surface area (Å²) in [6.45, 7) is 1.92. The quantitative estimate of drug-likeness (QED) is 0.800. The topological polar surface area (TPSA) is 23.8 Å². The van der Waals surface area contributed by atoms with Crippen LogP contribution >= 0.6 is 0 Å². The molecule has 106 valence electrons. The molecule has 0 heterocycles. The van der Waals surface area contributed by atoms with Crippen molar-refractivity contribution in [2.45, 2.75) is 32.6 Å². The standard InChI is InChI=1S/C19H18FN/c1-14-10-18(20)7-6-16(14)11-19(13-21)9-8-15-4-2-3-5-17(15)12-19/h2-7,10H,8-9,11-12H2,1H3. The minimum atomic E-state index is -0.364. The van der Waals surface area contributed by atoms with Crippen molar-refractivity contribution >= 4 is 0 Å². The number of benzene rings is 2. The Bertz CT molecular complexity index is 714. The van der Waals surface area contributed by atoms with Crippen LogP contribution in [-0.2, 0) is 19.3 Å². The first-order chi connectivity index (χ1) is 10.1. The Morgan fingerprint density at radius 2 is 1.95 bits per heavy atom. The van der Waals surface area contributed by atoms with E-state index in [4.69, 9.17) is 0 Å². The second-order valence-corrected chi connectivity index (χ2v) is 6.09. The van der Waals surface area contributed by atoms with Crippen LogP contribution in [0.3, 0.4) is 0 Å². The van der Waals surface area contributed by atoms with Crippen LogP contribution in [0.4, 0.5) is 4.39 Å². The van der Waals surface area contributed by atoms with Gasteiger partial charge < -0.3 is 0 Å². The van der Waals surface area contributed by atoms with Gasteiger partial charge in [-0.2, -0.15) is 5.26 Å². The number of nitriles is 1. The molecule has 1 aliphatic carbocycles. The highest BCUT2D eigenvalue weighted by molar-refractivity contribution is 5.35. The number of halogens is 1. The van der Waals surface area contributed by atoms with Crippen molar-refractivity contribution in [2.75, 3.05) is 0 Å². The second kappa shape index (κ2) is 5.33. The van der Waals surface area contributed by atoms with Crippen LogP contribution in [0.25, 0.3) is 0 Å². The fourth-order valence-electron chi connectivity index (χ4n) is 3.31. The Morgan fingerprint density at radius 3 is 2.67 bits per heavy atom. The fourth-order valence-corrected chi connectivity index (χ4v) is 3.31. The first kappa shape index (κ1) is 13.8. The van der Waals surface area contributed by atoms with Gasteiger partial charge in [0.15, 0.2) is 0 Å². The summed E-state index contributed by atoms with van der Waals surface area (Å²) in [4.78, 5) is 0. The zero-order valence-electron chi connectivity index (χ0n) is 12.2.